The summed E-state index contributed by atoms with van der Waals surface area (Å²) in [6, 6.07) is 0.621. The van der Waals surface area contributed by atoms with Gasteiger partial charge in [-0.15, -0.1) is 0 Å². The summed E-state index contributed by atoms with van der Waals surface area (Å²) in [5, 5.41) is 3.48. The van der Waals surface area contributed by atoms with Crippen LogP contribution in [0.2, 0.25) is 0 Å². The average Bonchev–Trinajstić information content (AvgIpc) is 2.11. The van der Waals surface area contributed by atoms with Gasteiger partial charge in [0.05, 0.1) is 0 Å². The molecule has 2 unspecified atom stereocenters. The molecule has 0 aromatic heterocycles. The first kappa shape index (κ1) is 12.9. The molecule has 0 rings (SSSR count). The van der Waals surface area contributed by atoms with Crippen LogP contribution in [-0.4, -0.2) is 25.8 Å². The van der Waals surface area contributed by atoms with Crippen molar-refractivity contribution >= 4 is 0 Å². The molecular formula is C11H25NO. The Kier molecular flexibility index (Phi) is 8.46. The Bertz CT molecular complexity index is 94.3. The molecule has 0 aliphatic rings. The normalized spacial score (nSPS) is 15.7. The van der Waals surface area contributed by atoms with Crippen molar-refractivity contribution in [1.29, 1.82) is 0 Å². The highest BCUT2D eigenvalue weighted by molar-refractivity contribution is 4.64. The summed E-state index contributed by atoms with van der Waals surface area (Å²) in [6.07, 6.45) is 2.42. The Labute approximate surface area is 83.1 Å². The van der Waals surface area contributed by atoms with Crippen molar-refractivity contribution in [2.75, 3.05) is 19.8 Å². The quantitative estimate of drug-likeness (QED) is 0.630. The van der Waals surface area contributed by atoms with Gasteiger partial charge < -0.3 is 10.1 Å². The van der Waals surface area contributed by atoms with Gasteiger partial charge in [-0.05, 0) is 39.2 Å². The van der Waals surface area contributed by atoms with E-state index in [2.05, 4.69) is 26.1 Å². The molecule has 80 valence electrons. The molecule has 0 amide bonds. The van der Waals surface area contributed by atoms with Gasteiger partial charge >= 0.3 is 0 Å². The van der Waals surface area contributed by atoms with Crippen LogP contribution in [0.4, 0.5) is 0 Å². The zero-order valence-corrected chi connectivity index (χ0v) is 9.60. The van der Waals surface area contributed by atoms with Crippen molar-refractivity contribution in [1.82, 2.24) is 5.32 Å². The van der Waals surface area contributed by atoms with E-state index in [0.717, 1.165) is 19.8 Å². The van der Waals surface area contributed by atoms with Gasteiger partial charge in [-0.1, -0.05) is 13.8 Å². The molecule has 0 aromatic rings. The maximum Gasteiger partial charge on any atom is 0.0492 e. The van der Waals surface area contributed by atoms with Gasteiger partial charge in [-0.25, -0.2) is 0 Å². The topological polar surface area (TPSA) is 21.3 Å². The highest BCUT2D eigenvalue weighted by Gasteiger charge is 2.07. The summed E-state index contributed by atoms with van der Waals surface area (Å²) in [5.41, 5.74) is 0. The number of hydrogen-bond donors (Lipinski definition) is 1. The maximum absolute atomic E-state index is 5.37. The second-order valence-corrected chi connectivity index (χ2v) is 3.86. The van der Waals surface area contributed by atoms with Gasteiger partial charge in [0.15, 0.2) is 0 Å². The molecule has 0 heterocycles. The predicted molar refractivity (Wildman–Crippen MR) is 58.0 cm³/mol. The molecule has 0 aliphatic heterocycles. The smallest absolute Gasteiger partial charge is 0.0492 e. The van der Waals surface area contributed by atoms with Gasteiger partial charge in [0.1, 0.15) is 0 Å². The Balaban J connectivity index is 3.35. The fraction of sp³-hybridized carbons (Fsp3) is 1.00. The summed E-state index contributed by atoms with van der Waals surface area (Å²) < 4.78 is 5.37. The fourth-order valence-corrected chi connectivity index (χ4v) is 1.46. The Morgan fingerprint density at radius 3 is 2.46 bits per heavy atom. The van der Waals surface area contributed by atoms with E-state index < -0.39 is 0 Å². The van der Waals surface area contributed by atoms with E-state index >= 15 is 0 Å². The molecule has 2 atom stereocenters. The Morgan fingerprint density at radius 1 is 1.23 bits per heavy atom. The Morgan fingerprint density at radius 2 is 1.92 bits per heavy atom. The zero-order valence-electron chi connectivity index (χ0n) is 9.60. The molecule has 0 aliphatic carbocycles. The van der Waals surface area contributed by atoms with Gasteiger partial charge in [-0.2, -0.15) is 0 Å². The number of rotatable bonds is 8. The second kappa shape index (κ2) is 8.52. The standard InChI is InChI=1S/C11H25NO/c1-5-7-12-11(4)8-10(3)9-13-6-2/h10-12H,5-9H2,1-4H3. The van der Waals surface area contributed by atoms with Crippen LogP contribution in [-0.2, 0) is 4.74 Å². The molecule has 0 bridgehead atoms. The molecule has 0 spiro atoms. The van der Waals surface area contributed by atoms with Crippen LogP contribution < -0.4 is 5.32 Å². The third-order valence-corrected chi connectivity index (χ3v) is 2.11. The van der Waals surface area contributed by atoms with E-state index in [0.29, 0.717) is 12.0 Å². The molecule has 0 radical (unpaired) electrons. The average molecular weight is 187 g/mol. The molecule has 0 saturated heterocycles. The van der Waals surface area contributed by atoms with Gasteiger partial charge in [0.2, 0.25) is 0 Å². The fourth-order valence-electron chi connectivity index (χ4n) is 1.46. The van der Waals surface area contributed by atoms with Crippen molar-refractivity contribution in [3.63, 3.8) is 0 Å². The number of nitrogens with one attached hydrogen (secondary N) is 1. The van der Waals surface area contributed by atoms with E-state index in [9.17, 15) is 0 Å². The molecular weight excluding hydrogens is 162 g/mol. The zero-order chi connectivity index (χ0) is 10.1. The molecule has 1 N–H and O–H groups in total. The number of hydrogen-bond acceptors (Lipinski definition) is 2. The van der Waals surface area contributed by atoms with Crippen LogP contribution in [0.5, 0.6) is 0 Å². The molecule has 2 nitrogen and oxygen atoms in total. The first-order chi connectivity index (χ1) is 6.20. The SMILES string of the molecule is CCCNC(C)CC(C)COCC. The minimum Gasteiger partial charge on any atom is -0.381 e. The van der Waals surface area contributed by atoms with E-state index in [1.807, 2.05) is 6.92 Å². The molecule has 13 heavy (non-hydrogen) atoms. The lowest BCUT2D eigenvalue weighted by Crippen LogP contribution is -2.29. The van der Waals surface area contributed by atoms with Gasteiger partial charge in [0.25, 0.3) is 0 Å². The molecule has 0 fully saturated rings. The van der Waals surface area contributed by atoms with Crippen molar-refractivity contribution in [3.05, 3.63) is 0 Å². The molecule has 0 saturated carbocycles. The molecule has 0 aromatic carbocycles. The van der Waals surface area contributed by atoms with Crippen molar-refractivity contribution in [2.45, 2.75) is 46.6 Å². The van der Waals surface area contributed by atoms with Crippen molar-refractivity contribution in [2.24, 2.45) is 5.92 Å². The lowest BCUT2D eigenvalue weighted by atomic mass is 10.0. The second-order valence-electron chi connectivity index (χ2n) is 3.86. The van der Waals surface area contributed by atoms with Crippen molar-refractivity contribution < 1.29 is 4.74 Å². The van der Waals surface area contributed by atoms with Crippen LogP contribution in [0.15, 0.2) is 0 Å². The summed E-state index contributed by atoms with van der Waals surface area (Å²) in [6.45, 7) is 11.6. The lowest BCUT2D eigenvalue weighted by molar-refractivity contribution is 0.109. The summed E-state index contributed by atoms with van der Waals surface area (Å²) in [4.78, 5) is 0. The third-order valence-electron chi connectivity index (χ3n) is 2.11. The van der Waals surface area contributed by atoms with E-state index in [1.165, 1.54) is 12.8 Å². The summed E-state index contributed by atoms with van der Waals surface area (Å²) in [5.74, 6) is 0.666. The largest absolute Gasteiger partial charge is 0.381 e. The monoisotopic (exact) mass is 187 g/mol. The van der Waals surface area contributed by atoms with E-state index in [1.54, 1.807) is 0 Å². The van der Waals surface area contributed by atoms with Crippen LogP contribution in [0, 0.1) is 5.92 Å². The highest BCUT2D eigenvalue weighted by Crippen LogP contribution is 2.06. The number of ether oxygens (including phenoxy) is 1. The molecule has 2 heteroatoms. The summed E-state index contributed by atoms with van der Waals surface area (Å²) in [7, 11) is 0. The maximum atomic E-state index is 5.37. The minimum atomic E-state index is 0.621. The van der Waals surface area contributed by atoms with Crippen LogP contribution in [0.25, 0.3) is 0 Å². The van der Waals surface area contributed by atoms with E-state index in [-0.39, 0.29) is 0 Å². The van der Waals surface area contributed by atoms with Gasteiger partial charge in [-0.3, -0.25) is 0 Å². The van der Waals surface area contributed by atoms with Crippen LogP contribution in [0.3, 0.4) is 0 Å². The predicted octanol–water partition coefficient (Wildman–Crippen LogP) is 2.44. The van der Waals surface area contributed by atoms with E-state index in [4.69, 9.17) is 4.74 Å². The van der Waals surface area contributed by atoms with Crippen LogP contribution in [0.1, 0.15) is 40.5 Å². The Hall–Kier alpha value is -0.0800. The summed E-state index contributed by atoms with van der Waals surface area (Å²) >= 11 is 0. The first-order valence-electron chi connectivity index (χ1n) is 5.51. The van der Waals surface area contributed by atoms with Gasteiger partial charge in [0, 0.05) is 19.3 Å². The minimum absolute atomic E-state index is 0.621. The lowest BCUT2D eigenvalue weighted by Gasteiger charge is -2.18. The first-order valence-corrected chi connectivity index (χ1v) is 5.51. The van der Waals surface area contributed by atoms with Crippen LogP contribution >= 0.6 is 0 Å². The highest BCUT2D eigenvalue weighted by atomic mass is 16.5. The third kappa shape index (κ3) is 8.26. The van der Waals surface area contributed by atoms with Crippen molar-refractivity contribution in [3.8, 4) is 0 Å².